The standard InChI is InChI=1S/C22H26N4O5S/c1-5-11-26(12-10-23-14-19(27)31-22(2,3)4)32(29,30)15-6-7-18-17(13-15)16-8-9-24-20(16)21(28)25-18/h1,6-9,13,23-24H,10-12,14H2,2-4H3,(H,25,28). The number of nitrogens with one attached hydrogen (secondary N) is 3. The van der Waals surface area contributed by atoms with Gasteiger partial charge in [0.05, 0.1) is 18.0 Å². The van der Waals surface area contributed by atoms with Crippen molar-refractivity contribution in [2.75, 3.05) is 26.2 Å². The van der Waals surface area contributed by atoms with Crippen molar-refractivity contribution in [2.45, 2.75) is 31.3 Å². The van der Waals surface area contributed by atoms with Crippen LogP contribution in [-0.2, 0) is 19.6 Å². The van der Waals surface area contributed by atoms with Crippen LogP contribution in [-0.4, -0.2) is 60.4 Å². The van der Waals surface area contributed by atoms with Crippen LogP contribution in [0.3, 0.4) is 0 Å². The number of benzene rings is 1. The zero-order chi connectivity index (χ0) is 23.5. The summed E-state index contributed by atoms with van der Waals surface area (Å²) in [7, 11) is -3.91. The molecule has 32 heavy (non-hydrogen) atoms. The number of carbonyl (C=O) groups is 1. The first-order valence-corrected chi connectivity index (χ1v) is 11.5. The number of pyridine rings is 1. The number of rotatable bonds is 8. The van der Waals surface area contributed by atoms with Crippen molar-refractivity contribution in [2.24, 2.45) is 0 Å². The second-order valence-corrected chi connectivity index (χ2v) is 10.2. The lowest BCUT2D eigenvalue weighted by Gasteiger charge is -2.21. The molecule has 0 unspecified atom stereocenters. The maximum Gasteiger partial charge on any atom is 0.320 e. The summed E-state index contributed by atoms with van der Waals surface area (Å²) in [5.41, 5.74) is 0.0311. The molecule has 0 atom stereocenters. The van der Waals surface area contributed by atoms with Crippen molar-refractivity contribution in [1.82, 2.24) is 19.6 Å². The number of aromatic amines is 2. The van der Waals surface area contributed by atoms with Gasteiger partial charge in [0.15, 0.2) is 0 Å². The summed E-state index contributed by atoms with van der Waals surface area (Å²) in [6, 6.07) is 6.24. The Bertz CT molecular complexity index is 1340. The third-order valence-electron chi connectivity index (χ3n) is 4.64. The number of sulfonamides is 1. The van der Waals surface area contributed by atoms with Crippen molar-refractivity contribution in [1.29, 1.82) is 0 Å². The Balaban J connectivity index is 1.80. The maximum absolute atomic E-state index is 13.3. The Hall–Kier alpha value is -3.13. The Morgan fingerprint density at radius 3 is 2.69 bits per heavy atom. The van der Waals surface area contributed by atoms with Gasteiger partial charge < -0.3 is 20.0 Å². The molecule has 0 aliphatic rings. The minimum absolute atomic E-state index is 0.0456. The van der Waals surface area contributed by atoms with Crippen molar-refractivity contribution in [3.8, 4) is 12.3 Å². The molecule has 2 heterocycles. The first kappa shape index (κ1) is 23.5. The van der Waals surface area contributed by atoms with Gasteiger partial charge in [0.1, 0.15) is 11.1 Å². The summed E-state index contributed by atoms with van der Waals surface area (Å²) in [5, 5.41) is 4.11. The highest BCUT2D eigenvalue weighted by atomic mass is 32.2. The topological polar surface area (TPSA) is 124 Å². The number of hydrogen-bond donors (Lipinski definition) is 3. The molecule has 170 valence electrons. The van der Waals surface area contributed by atoms with Crippen LogP contribution in [0.2, 0.25) is 0 Å². The highest BCUT2D eigenvalue weighted by Crippen LogP contribution is 2.25. The number of esters is 1. The number of aromatic nitrogens is 2. The average Bonchev–Trinajstić information content (AvgIpc) is 3.19. The molecule has 0 saturated heterocycles. The van der Waals surface area contributed by atoms with E-state index in [0.717, 1.165) is 4.31 Å². The van der Waals surface area contributed by atoms with Crippen molar-refractivity contribution in [3.63, 3.8) is 0 Å². The summed E-state index contributed by atoms with van der Waals surface area (Å²) in [5.74, 6) is 1.94. The van der Waals surface area contributed by atoms with Gasteiger partial charge in [-0.15, -0.1) is 6.42 Å². The first-order chi connectivity index (χ1) is 15.0. The molecule has 0 radical (unpaired) electrons. The van der Waals surface area contributed by atoms with Crippen LogP contribution in [0.5, 0.6) is 0 Å². The van der Waals surface area contributed by atoms with E-state index in [2.05, 4.69) is 21.2 Å². The number of carbonyl (C=O) groups excluding carboxylic acids is 1. The van der Waals surface area contributed by atoms with E-state index in [4.69, 9.17) is 11.2 Å². The predicted molar refractivity (Wildman–Crippen MR) is 123 cm³/mol. The number of nitrogens with zero attached hydrogens (tertiary/aromatic N) is 1. The monoisotopic (exact) mass is 458 g/mol. The van der Waals surface area contributed by atoms with Crippen molar-refractivity contribution >= 4 is 37.8 Å². The zero-order valence-electron chi connectivity index (χ0n) is 18.2. The molecule has 0 saturated carbocycles. The highest BCUT2D eigenvalue weighted by molar-refractivity contribution is 7.89. The molecular weight excluding hydrogens is 432 g/mol. The van der Waals surface area contributed by atoms with Crippen LogP contribution in [0.1, 0.15) is 20.8 Å². The second-order valence-electron chi connectivity index (χ2n) is 8.23. The fourth-order valence-corrected chi connectivity index (χ4v) is 4.67. The highest BCUT2D eigenvalue weighted by Gasteiger charge is 2.24. The molecule has 0 aliphatic carbocycles. The van der Waals surface area contributed by atoms with Gasteiger partial charge in [-0.2, -0.15) is 4.31 Å². The van der Waals surface area contributed by atoms with Gasteiger partial charge in [0, 0.05) is 35.6 Å². The number of hydrogen-bond acceptors (Lipinski definition) is 6. The second kappa shape index (κ2) is 9.16. The molecule has 0 bridgehead atoms. The first-order valence-electron chi connectivity index (χ1n) is 10.0. The van der Waals surface area contributed by atoms with Crippen LogP contribution in [0, 0.1) is 12.3 Å². The smallest absolute Gasteiger partial charge is 0.320 e. The Morgan fingerprint density at radius 2 is 2.00 bits per heavy atom. The molecule has 3 rings (SSSR count). The van der Waals surface area contributed by atoms with E-state index < -0.39 is 21.6 Å². The average molecular weight is 459 g/mol. The predicted octanol–water partition coefficient (Wildman–Crippen LogP) is 1.56. The van der Waals surface area contributed by atoms with Crippen LogP contribution in [0.15, 0.2) is 40.2 Å². The van der Waals surface area contributed by atoms with E-state index in [-0.39, 0.29) is 36.6 Å². The summed E-state index contributed by atoms with van der Waals surface area (Å²) in [4.78, 5) is 29.6. The van der Waals surface area contributed by atoms with Gasteiger partial charge in [-0.05, 0) is 45.0 Å². The number of fused-ring (bicyclic) bond motifs is 3. The van der Waals surface area contributed by atoms with E-state index in [0.29, 0.717) is 21.8 Å². The summed E-state index contributed by atoms with van der Waals surface area (Å²) in [6.07, 6.45) is 7.03. The van der Waals surface area contributed by atoms with Gasteiger partial charge in [-0.1, -0.05) is 5.92 Å². The van der Waals surface area contributed by atoms with E-state index in [1.165, 1.54) is 12.1 Å². The van der Waals surface area contributed by atoms with Crippen molar-refractivity contribution in [3.05, 3.63) is 40.8 Å². The maximum atomic E-state index is 13.3. The van der Waals surface area contributed by atoms with Gasteiger partial charge in [0.2, 0.25) is 10.0 Å². The van der Waals surface area contributed by atoms with Gasteiger partial charge in [-0.3, -0.25) is 9.59 Å². The molecule has 0 amide bonds. The lowest BCUT2D eigenvalue weighted by Crippen LogP contribution is -2.39. The van der Waals surface area contributed by atoms with Crippen molar-refractivity contribution < 1.29 is 17.9 Å². The molecule has 9 nitrogen and oxygen atoms in total. The van der Waals surface area contributed by atoms with Crippen LogP contribution >= 0.6 is 0 Å². The molecule has 3 aromatic rings. The minimum atomic E-state index is -3.91. The molecule has 0 fully saturated rings. The fourth-order valence-electron chi connectivity index (χ4n) is 3.29. The van der Waals surface area contributed by atoms with E-state index in [1.54, 1.807) is 39.1 Å². The number of H-pyrrole nitrogens is 2. The largest absolute Gasteiger partial charge is 0.459 e. The zero-order valence-corrected chi connectivity index (χ0v) is 19.0. The molecule has 0 spiro atoms. The SMILES string of the molecule is C#CCN(CCNCC(=O)OC(C)(C)C)S(=O)(=O)c1ccc2[nH]c(=O)c3[nH]ccc3c2c1. The molecular formula is C22H26N4O5S. The van der Waals surface area contributed by atoms with Gasteiger partial charge >= 0.3 is 5.97 Å². The fraction of sp³-hybridized carbons (Fsp3) is 0.364. The minimum Gasteiger partial charge on any atom is -0.459 e. The van der Waals surface area contributed by atoms with Crippen LogP contribution in [0.4, 0.5) is 0 Å². The quantitative estimate of drug-likeness (QED) is 0.267. The summed E-state index contributed by atoms with van der Waals surface area (Å²) < 4.78 is 32.9. The number of terminal acetylenes is 1. The van der Waals surface area contributed by atoms with Crippen LogP contribution < -0.4 is 10.9 Å². The Labute approximate surface area is 186 Å². The normalized spacial score (nSPS) is 12.3. The third kappa shape index (κ3) is 5.19. The molecule has 10 heteroatoms. The Morgan fingerprint density at radius 1 is 1.25 bits per heavy atom. The van der Waals surface area contributed by atoms with E-state index in [9.17, 15) is 18.0 Å². The van der Waals surface area contributed by atoms with Crippen LogP contribution in [0.25, 0.3) is 21.8 Å². The molecule has 0 aliphatic heterocycles. The molecule has 2 aromatic heterocycles. The van der Waals surface area contributed by atoms with E-state index >= 15 is 0 Å². The van der Waals surface area contributed by atoms with E-state index in [1.807, 2.05) is 0 Å². The lowest BCUT2D eigenvalue weighted by molar-refractivity contribution is -0.153. The number of ether oxygens (including phenoxy) is 1. The summed E-state index contributed by atoms with van der Waals surface area (Å²) in [6.45, 7) is 5.42. The molecule has 1 aromatic carbocycles. The Kier molecular flexibility index (Phi) is 6.74. The summed E-state index contributed by atoms with van der Waals surface area (Å²) >= 11 is 0. The third-order valence-corrected chi connectivity index (χ3v) is 6.48. The van der Waals surface area contributed by atoms with Gasteiger partial charge in [0.25, 0.3) is 5.56 Å². The lowest BCUT2D eigenvalue weighted by atomic mass is 10.1. The van der Waals surface area contributed by atoms with Gasteiger partial charge in [-0.25, -0.2) is 8.42 Å². The molecule has 3 N–H and O–H groups in total.